The number of nitrogens with two attached hydrogens (primary N) is 1. The summed E-state index contributed by atoms with van der Waals surface area (Å²) < 4.78 is 0. The molecule has 4 aliphatic carbocycles. The zero-order valence-electron chi connectivity index (χ0n) is 26.5. The number of primary amides is 1. The van der Waals surface area contributed by atoms with E-state index in [9.17, 15) is 30.0 Å². The number of carbonyl (C=O) groups excluding carboxylic acids is 2. The number of amides is 1. The number of aromatic hydroxyl groups is 1. The highest BCUT2D eigenvalue weighted by Crippen LogP contribution is 2.55. The number of rotatable bonds is 5. The van der Waals surface area contributed by atoms with Gasteiger partial charge in [-0.25, -0.2) is 0 Å². The summed E-state index contributed by atoms with van der Waals surface area (Å²) in [4.78, 5) is 30.9. The zero-order chi connectivity index (χ0) is 32.5. The van der Waals surface area contributed by atoms with Gasteiger partial charge < -0.3 is 26.2 Å². The molecular weight excluding hydrogens is 570 g/mol. The Labute approximate surface area is 264 Å². The molecule has 0 fully saturated rings. The molecule has 0 saturated heterocycles. The molecule has 0 radical (unpaired) electrons. The Bertz CT molecular complexity index is 1650. The average molecular weight is 614 g/mol. The molecule has 0 spiro atoms. The highest BCUT2D eigenvalue weighted by atomic mass is 16.3. The second-order valence-corrected chi connectivity index (χ2v) is 13.6. The summed E-state index contributed by atoms with van der Waals surface area (Å²) in [5.74, 6) is -4.31. The van der Waals surface area contributed by atoms with Gasteiger partial charge in [0.05, 0.1) is 23.1 Å². The maximum Gasteiger partial charge on any atom is 0.251 e. The largest absolute Gasteiger partial charge is 0.511 e. The summed E-state index contributed by atoms with van der Waals surface area (Å²) in [6.07, 6.45) is 14.5. The molecule has 6 rings (SSSR count). The van der Waals surface area contributed by atoms with Crippen LogP contribution in [0.5, 0.6) is 5.75 Å². The van der Waals surface area contributed by atoms with Crippen molar-refractivity contribution in [2.75, 3.05) is 20.6 Å². The first-order valence-corrected chi connectivity index (χ1v) is 15.7. The molecule has 1 aromatic carbocycles. The number of phenolic OH excluding ortho intramolecular Hbond substituents is 1. The maximum atomic E-state index is 14.2. The zero-order valence-corrected chi connectivity index (χ0v) is 26.5. The number of ketones is 1. The van der Waals surface area contributed by atoms with Crippen LogP contribution in [0.3, 0.4) is 0 Å². The van der Waals surface area contributed by atoms with Crippen LogP contribution in [0.4, 0.5) is 0 Å². The van der Waals surface area contributed by atoms with Crippen LogP contribution in [-0.4, -0.2) is 86.3 Å². The van der Waals surface area contributed by atoms with Gasteiger partial charge in [0.2, 0.25) is 0 Å². The molecule has 6 N–H and O–H groups in total. The predicted octanol–water partition coefficient (Wildman–Crippen LogP) is 4.11. The van der Waals surface area contributed by atoms with Crippen LogP contribution < -0.4 is 5.73 Å². The van der Waals surface area contributed by atoms with Gasteiger partial charge in [-0.15, -0.1) is 0 Å². The number of likely N-dealkylation sites (N-methyl/N-ethyl adjacent to an activating group) is 1. The average Bonchev–Trinajstić information content (AvgIpc) is 3.11. The van der Waals surface area contributed by atoms with Crippen LogP contribution in [0, 0.1) is 17.8 Å². The maximum absolute atomic E-state index is 14.2. The quantitative estimate of drug-likeness (QED) is 0.312. The van der Waals surface area contributed by atoms with E-state index >= 15 is 0 Å². The Balaban J connectivity index is 1.44. The van der Waals surface area contributed by atoms with E-state index in [1.807, 2.05) is 6.07 Å². The number of allylic oxidation sites excluding steroid dienone is 5. The lowest BCUT2D eigenvalue weighted by Crippen LogP contribution is -2.59. The molecule has 9 nitrogen and oxygen atoms in total. The van der Waals surface area contributed by atoms with E-state index in [-0.39, 0.29) is 34.0 Å². The Morgan fingerprint density at radius 3 is 2.44 bits per heavy atom. The second-order valence-electron chi connectivity index (χ2n) is 13.6. The topological polar surface area (TPSA) is 148 Å². The molecule has 9 heteroatoms. The SMILES string of the molecule is CC1C=CC(C)N1CC1=CCC=CC(c2ccc(O)c3c2CC2CC4C(C(O)=C2C3=O)[C@@](C)(O)C(C(N)=O)=C(O)[C@H]4N(C)C)=C1. The number of carbonyl (C=O) groups is 2. The molecule has 7 atom stereocenters. The number of hydrogen-bond donors (Lipinski definition) is 5. The second kappa shape index (κ2) is 11.2. The van der Waals surface area contributed by atoms with Gasteiger partial charge in [-0.1, -0.05) is 42.5 Å². The lowest BCUT2D eigenvalue weighted by atomic mass is 9.56. The van der Waals surface area contributed by atoms with Gasteiger partial charge in [0, 0.05) is 24.2 Å². The van der Waals surface area contributed by atoms with Crippen molar-refractivity contribution in [3.8, 4) is 5.75 Å². The minimum Gasteiger partial charge on any atom is -0.511 e. The van der Waals surface area contributed by atoms with Gasteiger partial charge in [-0.05, 0) is 94.3 Å². The first kappa shape index (κ1) is 31.1. The number of aliphatic hydroxyl groups excluding tert-OH is 2. The molecule has 0 bridgehead atoms. The lowest BCUT2D eigenvalue weighted by molar-refractivity contribution is -0.120. The van der Waals surface area contributed by atoms with Gasteiger partial charge >= 0.3 is 0 Å². The van der Waals surface area contributed by atoms with Crippen LogP contribution in [0.15, 0.2) is 76.8 Å². The molecule has 5 aliphatic rings. The molecule has 1 aromatic rings. The third kappa shape index (κ3) is 4.88. The van der Waals surface area contributed by atoms with Crippen molar-refractivity contribution in [2.45, 2.75) is 63.8 Å². The van der Waals surface area contributed by atoms with E-state index in [0.717, 1.165) is 24.1 Å². The summed E-state index contributed by atoms with van der Waals surface area (Å²) in [6.45, 7) is 6.50. The predicted molar refractivity (Wildman–Crippen MR) is 172 cm³/mol. The van der Waals surface area contributed by atoms with Gasteiger partial charge in [0.15, 0.2) is 5.78 Å². The van der Waals surface area contributed by atoms with E-state index in [2.05, 4.69) is 55.2 Å². The number of Topliss-reactive ketones (excluding diaryl/α,β-unsaturated/α-hetero) is 1. The minimum atomic E-state index is -2.02. The van der Waals surface area contributed by atoms with Gasteiger partial charge in [0.25, 0.3) is 5.91 Å². The third-order valence-corrected chi connectivity index (χ3v) is 10.6. The molecule has 238 valence electrons. The number of phenols is 1. The smallest absolute Gasteiger partial charge is 0.251 e. The number of benzene rings is 1. The van der Waals surface area contributed by atoms with Crippen LogP contribution in [0.1, 0.15) is 55.1 Å². The van der Waals surface area contributed by atoms with E-state index in [0.29, 0.717) is 30.5 Å². The van der Waals surface area contributed by atoms with Crippen LogP contribution in [0.25, 0.3) is 5.57 Å². The molecule has 0 saturated carbocycles. The highest BCUT2D eigenvalue weighted by Gasteiger charge is 2.59. The fourth-order valence-corrected chi connectivity index (χ4v) is 8.58. The minimum absolute atomic E-state index is 0.134. The number of hydrogen-bond acceptors (Lipinski definition) is 8. The van der Waals surface area contributed by atoms with Crippen molar-refractivity contribution in [3.05, 3.63) is 93.5 Å². The molecule has 0 aromatic heterocycles. The standard InChI is InChI=1S/C36H43N3O6/c1-18-10-11-19(2)39(18)17-20-8-6-7-9-21(14-20)23-12-13-26(40)28-24(23)15-22-16-25-29(33(42)27(22)32(28)41)36(3,45)30(35(37)44)34(43)31(25)38(4)5/h7-14,18-19,22,25,29,31,40,42-43,45H,6,15-17H2,1-5H3,(H2,37,44)/t18?,19?,22?,25?,29?,31-,36+/m0/s1. The van der Waals surface area contributed by atoms with Gasteiger partial charge in [0.1, 0.15) is 22.9 Å². The van der Waals surface area contributed by atoms with E-state index in [1.54, 1.807) is 19.0 Å². The van der Waals surface area contributed by atoms with Crippen LogP contribution in [-0.2, 0) is 11.2 Å². The Kier molecular flexibility index (Phi) is 7.70. The number of fused-ring (bicyclic) bond motifs is 3. The molecule has 1 aliphatic heterocycles. The van der Waals surface area contributed by atoms with Crippen molar-refractivity contribution in [1.82, 2.24) is 9.80 Å². The van der Waals surface area contributed by atoms with E-state index in [4.69, 9.17) is 5.73 Å². The van der Waals surface area contributed by atoms with Crippen molar-refractivity contribution in [1.29, 1.82) is 0 Å². The monoisotopic (exact) mass is 613 g/mol. The third-order valence-electron chi connectivity index (χ3n) is 10.6. The summed E-state index contributed by atoms with van der Waals surface area (Å²) in [6, 6.07) is 3.33. The van der Waals surface area contributed by atoms with E-state index in [1.165, 1.54) is 18.6 Å². The first-order valence-electron chi connectivity index (χ1n) is 15.7. The number of nitrogens with zero attached hydrogens (tertiary/aromatic N) is 2. The molecule has 1 heterocycles. The summed E-state index contributed by atoms with van der Waals surface area (Å²) in [5, 5.41) is 45.7. The highest BCUT2D eigenvalue weighted by molar-refractivity contribution is 6.14. The van der Waals surface area contributed by atoms with E-state index < -0.39 is 41.1 Å². The summed E-state index contributed by atoms with van der Waals surface area (Å²) in [5.41, 5.74) is 7.19. The first-order chi connectivity index (χ1) is 21.2. The number of aliphatic hydroxyl groups is 3. The summed E-state index contributed by atoms with van der Waals surface area (Å²) >= 11 is 0. The molecule has 1 amide bonds. The molecule has 5 unspecified atom stereocenters. The van der Waals surface area contributed by atoms with Crippen molar-refractivity contribution < 1.29 is 30.0 Å². The fourth-order valence-electron chi connectivity index (χ4n) is 8.58. The summed E-state index contributed by atoms with van der Waals surface area (Å²) in [7, 11) is 3.50. The van der Waals surface area contributed by atoms with Crippen molar-refractivity contribution in [2.24, 2.45) is 23.5 Å². The fraction of sp³-hybridized carbons (Fsp3) is 0.444. The lowest BCUT2D eigenvalue weighted by Gasteiger charge is -2.52. The van der Waals surface area contributed by atoms with Crippen LogP contribution in [0.2, 0.25) is 0 Å². The Morgan fingerprint density at radius 1 is 1.11 bits per heavy atom. The van der Waals surface area contributed by atoms with Crippen molar-refractivity contribution >= 4 is 17.3 Å². The van der Waals surface area contributed by atoms with Crippen molar-refractivity contribution in [3.63, 3.8) is 0 Å². The Hall–Kier alpha value is -3.92. The normalized spacial score (nSPS) is 33.1. The van der Waals surface area contributed by atoms with Gasteiger partial charge in [-0.2, -0.15) is 0 Å². The Morgan fingerprint density at radius 2 is 1.80 bits per heavy atom. The molecular formula is C36H43N3O6. The molecule has 45 heavy (non-hydrogen) atoms. The van der Waals surface area contributed by atoms with Crippen LogP contribution >= 0.6 is 0 Å². The van der Waals surface area contributed by atoms with Gasteiger partial charge in [-0.3, -0.25) is 19.4 Å².